The number of imidazole rings is 1. The van der Waals surface area contributed by atoms with Gasteiger partial charge in [-0.1, -0.05) is 30.3 Å². The highest BCUT2D eigenvalue weighted by molar-refractivity contribution is 5.94. The Labute approximate surface area is 141 Å². The lowest BCUT2D eigenvalue weighted by molar-refractivity contribution is 0.0954. The van der Waals surface area contributed by atoms with Gasteiger partial charge in [-0.15, -0.1) is 0 Å². The fourth-order valence-electron chi connectivity index (χ4n) is 2.73. The van der Waals surface area contributed by atoms with Crippen molar-refractivity contribution in [3.05, 3.63) is 66.0 Å². The predicted octanol–water partition coefficient (Wildman–Crippen LogP) is 2.66. The van der Waals surface area contributed by atoms with Gasteiger partial charge in [-0.25, -0.2) is 4.98 Å². The van der Waals surface area contributed by atoms with Gasteiger partial charge >= 0.3 is 0 Å². The zero-order valence-corrected chi connectivity index (χ0v) is 13.7. The van der Waals surface area contributed by atoms with Crippen LogP contribution >= 0.6 is 0 Å². The molecule has 3 aromatic rings. The molecule has 0 saturated carbocycles. The zero-order chi connectivity index (χ0) is 16.8. The van der Waals surface area contributed by atoms with Crippen LogP contribution in [-0.2, 0) is 17.7 Å². The second kappa shape index (κ2) is 7.75. The van der Waals surface area contributed by atoms with E-state index in [0.717, 1.165) is 23.4 Å². The van der Waals surface area contributed by atoms with Gasteiger partial charge in [0.1, 0.15) is 5.82 Å². The number of nitrogens with one attached hydrogen (secondary N) is 1. The van der Waals surface area contributed by atoms with Gasteiger partial charge in [0.15, 0.2) is 0 Å². The summed E-state index contributed by atoms with van der Waals surface area (Å²) in [4.78, 5) is 16.8. The number of fused-ring (bicyclic) bond motifs is 1. The Bertz CT molecular complexity index is 812. The van der Waals surface area contributed by atoms with Crippen LogP contribution in [0.15, 0.2) is 54.6 Å². The van der Waals surface area contributed by atoms with Crippen molar-refractivity contribution >= 4 is 16.9 Å². The molecule has 0 saturated heterocycles. The van der Waals surface area contributed by atoms with Crippen LogP contribution in [0.1, 0.15) is 16.2 Å². The molecule has 1 aromatic heterocycles. The highest BCUT2D eigenvalue weighted by atomic mass is 16.5. The lowest BCUT2D eigenvalue weighted by Crippen LogP contribution is -2.26. The molecule has 0 unspecified atom stereocenters. The first-order valence-corrected chi connectivity index (χ1v) is 8.06. The first kappa shape index (κ1) is 16.2. The topological polar surface area (TPSA) is 56.1 Å². The summed E-state index contributed by atoms with van der Waals surface area (Å²) in [6.45, 7) is 1.92. The van der Waals surface area contributed by atoms with Gasteiger partial charge in [0.05, 0.1) is 17.6 Å². The molecular formula is C19H21N3O2. The summed E-state index contributed by atoms with van der Waals surface area (Å²) < 4.78 is 7.36. The van der Waals surface area contributed by atoms with Crippen LogP contribution in [0.3, 0.4) is 0 Å². The van der Waals surface area contributed by atoms with E-state index in [9.17, 15) is 4.79 Å². The van der Waals surface area contributed by atoms with E-state index in [4.69, 9.17) is 9.72 Å². The van der Waals surface area contributed by atoms with Crippen molar-refractivity contribution in [1.29, 1.82) is 0 Å². The van der Waals surface area contributed by atoms with Crippen molar-refractivity contribution in [3.8, 4) is 0 Å². The van der Waals surface area contributed by atoms with Gasteiger partial charge in [0.25, 0.3) is 5.91 Å². The third-order valence-electron chi connectivity index (χ3n) is 3.92. The Morgan fingerprint density at radius 1 is 1.12 bits per heavy atom. The summed E-state index contributed by atoms with van der Waals surface area (Å²) in [6, 6.07) is 17.3. The fourth-order valence-corrected chi connectivity index (χ4v) is 2.73. The van der Waals surface area contributed by atoms with Crippen molar-refractivity contribution in [3.63, 3.8) is 0 Å². The molecule has 0 aliphatic rings. The van der Waals surface area contributed by atoms with Crippen LogP contribution in [-0.4, -0.2) is 35.7 Å². The van der Waals surface area contributed by atoms with E-state index in [-0.39, 0.29) is 5.91 Å². The first-order chi connectivity index (χ1) is 11.8. The van der Waals surface area contributed by atoms with E-state index in [1.807, 2.05) is 48.5 Å². The lowest BCUT2D eigenvalue weighted by atomic mass is 10.2. The minimum absolute atomic E-state index is 0.0600. The van der Waals surface area contributed by atoms with Crippen LogP contribution in [0.4, 0.5) is 0 Å². The molecule has 1 N–H and O–H groups in total. The summed E-state index contributed by atoms with van der Waals surface area (Å²) in [7, 11) is 1.69. The number of aromatic nitrogens is 2. The molecule has 0 fully saturated rings. The van der Waals surface area contributed by atoms with Crippen molar-refractivity contribution < 1.29 is 9.53 Å². The van der Waals surface area contributed by atoms with Crippen LogP contribution in [0.25, 0.3) is 11.0 Å². The Morgan fingerprint density at radius 3 is 2.67 bits per heavy atom. The van der Waals surface area contributed by atoms with Crippen LogP contribution in [0, 0.1) is 0 Å². The normalized spacial score (nSPS) is 10.9. The highest BCUT2D eigenvalue weighted by Gasteiger charge is 2.11. The maximum absolute atomic E-state index is 12.1. The summed E-state index contributed by atoms with van der Waals surface area (Å²) in [5, 5.41) is 2.95. The number of carbonyl (C=O) groups is 1. The van der Waals surface area contributed by atoms with Gasteiger partial charge in [-0.05, 0) is 24.3 Å². The Kier molecular flexibility index (Phi) is 5.23. The number of rotatable bonds is 7. The molecule has 1 amide bonds. The van der Waals surface area contributed by atoms with E-state index in [1.165, 1.54) is 0 Å². The summed E-state index contributed by atoms with van der Waals surface area (Å²) in [5.41, 5.74) is 2.74. The van der Waals surface area contributed by atoms with Crippen LogP contribution in [0.2, 0.25) is 0 Å². The molecular weight excluding hydrogens is 302 g/mol. The Morgan fingerprint density at radius 2 is 1.88 bits per heavy atom. The molecule has 5 nitrogen and oxygen atoms in total. The van der Waals surface area contributed by atoms with Crippen molar-refractivity contribution in [2.24, 2.45) is 0 Å². The number of para-hydroxylation sites is 2. The maximum atomic E-state index is 12.1. The minimum Gasteiger partial charge on any atom is -0.383 e. The Hall–Kier alpha value is -2.66. The number of hydrogen-bond acceptors (Lipinski definition) is 3. The molecule has 0 atom stereocenters. The van der Waals surface area contributed by atoms with E-state index >= 15 is 0 Å². The number of carbonyl (C=O) groups excluding carboxylic acids is 1. The molecule has 0 aliphatic carbocycles. The molecule has 124 valence electrons. The number of nitrogens with zero attached hydrogens (tertiary/aromatic N) is 2. The molecule has 0 radical (unpaired) electrons. The number of ether oxygens (including phenoxy) is 1. The number of amides is 1. The van der Waals surface area contributed by atoms with E-state index in [1.54, 1.807) is 7.11 Å². The molecule has 1 heterocycles. The summed E-state index contributed by atoms with van der Waals surface area (Å²) >= 11 is 0. The largest absolute Gasteiger partial charge is 0.383 e. The average Bonchev–Trinajstić information content (AvgIpc) is 2.98. The third-order valence-corrected chi connectivity index (χ3v) is 3.92. The molecule has 3 rings (SSSR count). The monoisotopic (exact) mass is 323 g/mol. The quantitative estimate of drug-likeness (QED) is 0.727. The van der Waals surface area contributed by atoms with E-state index < -0.39 is 0 Å². The molecule has 0 bridgehead atoms. The maximum Gasteiger partial charge on any atom is 0.251 e. The van der Waals surface area contributed by atoms with Gasteiger partial charge < -0.3 is 14.6 Å². The van der Waals surface area contributed by atoms with E-state index in [0.29, 0.717) is 25.1 Å². The Balaban J connectivity index is 1.69. The molecule has 24 heavy (non-hydrogen) atoms. The second-order valence-corrected chi connectivity index (χ2v) is 5.53. The van der Waals surface area contributed by atoms with Gasteiger partial charge in [0.2, 0.25) is 0 Å². The number of methoxy groups -OCH3 is 1. The molecule has 5 heteroatoms. The van der Waals surface area contributed by atoms with E-state index in [2.05, 4.69) is 16.0 Å². The molecule has 0 spiro atoms. The van der Waals surface area contributed by atoms with Crippen LogP contribution in [0.5, 0.6) is 0 Å². The highest BCUT2D eigenvalue weighted by Crippen LogP contribution is 2.16. The van der Waals surface area contributed by atoms with Gasteiger partial charge in [-0.3, -0.25) is 4.79 Å². The lowest BCUT2D eigenvalue weighted by Gasteiger charge is -2.09. The smallest absolute Gasteiger partial charge is 0.251 e. The predicted molar refractivity (Wildman–Crippen MR) is 94.1 cm³/mol. The zero-order valence-electron chi connectivity index (χ0n) is 13.7. The number of benzene rings is 2. The molecule has 2 aromatic carbocycles. The minimum atomic E-state index is -0.0600. The van der Waals surface area contributed by atoms with Crippen molar-refractivity contribution in [2.45, 2.75) is 13.0 Å². The fraction of sp³-hybridized carbons (Fsp3) is 0.263. The van der Waals surface area contributed by atoms with Gasteiger partial charge in [-0.2, -0.15) is 0 Å². The standard InChI is InChI=1S/C19H21N3O2/c1-24-14-13-22-17-10-6-5-9-16(17)21-18(22)11-12-20-19(23)15-7-3-2-4-8-15/h2-10H,11-14H2,1H3,(H,20,23). The molecule has 0 aliphatic heterocycles. The SMILES string of the molecule is COCCn1c(CCNC(=O)c2ccccc2)nc2ccccc21. The first-order valence-electron chi connectivity index (χ1n) is 8.06. The van der Waals surface area contributed by atoms with Crippen molar-refractivity contribution in [1.82, 2.24) is 14.9 Å². The second-order valence-electron chi connectivity index (χ2n) is 5.53. The summed E-state index contributed by atoms with van der Waals surface area (Å²) in [6.07, 6.45) is 0.678. The van der Waals surface area contributed by atoms with Crippen molar-refractivity contribution in [2.75, 3.05) is 20.3 Å². The van der Waals surface area contributed by atoms with Crippen LogP contribution < -0.4 is 5.32 Å². The third kappa shape index (κ3) is 3.63. The van der Waals surface area contributed by atoms with Gasteiger partial charge in [0, 0.05) is 32.2 Å². The summed E-state index contributed by atoms with van der Waals surface area (Å²) in [5.74, 6) is 0.900. The average molecular weight is 323 g/mol. The number of hydrogen-bond donors (Lipinski definition) is 1.